The third-order valence-electron chi connectivity index (χ3n) is 1.70. The predicted octanol–water partition coefficient (Wildman–Crippen LogP) is 2.04. The molecule has 0 aliphatic heterocycles. The minimum Gasteiger partial charge on any atom is -0.350 e. The Morgan fingerprint density at radius 3 is 2.94 bits per heavy atom. The summed E-state index contributed by atoms with van der Waals surface area (Å²) in [6.45, 7) is 0. The molecule has 2 rings (SSSR count). The number of urea groups is 1. The number of halogens is 1. The number of amides is 2. The summed E-state index contributed by atoms with van der Waals surface area (Å²) >= 11 is 7.08. The first-order valence-corrected chi connectivity index (χ1v) is 5.42. The lowest BCUT2D eigenvalue weighted by Crippen LogP contribution is -2.08. The van der Waals surface area contributed by atoms with E-state index in [0.717, 1.165) is 16.9 Å². The molecule has 2 aromatic rings. The maximum absolute atomic E-state index is 10.5. The smallest absolute Gasteiger partial charge is 0.342 e. The van der Waals surface area contributed by atoms with Crippen LogP contribution in [0.2, 0.25) is 5.02 Å². The molecule has 7 heteroatoms. The molecule has 0 aliphatic rings. The van der Waals surface area contributed by atoms with Gasteiger partial charge in [0.1, 0.15) is 0 Å². The second-order valence-corrected chi connectivity index (χ2v) is 4.13. The van der Waals surface area contributed by atoms with Gasteiger partial charge in [0.15, 0.2) is 5.01 Å². The molecular formula is C9H6ClN3O2S. The summed E-state index contributed by atoms with van der Waals surface area (Å²) in [5, 5.41) is 4.86. The number of hydrogen-bond acceptors (Lipinski definition) is 4. The predicted molar refractivity (Wildman–Crippen MR) is 60.0 cm³/mol. The van der Waals surface area contributed by atoms with E-state index >= 15 is 0 Å². The molecule has 0 spiro atoms. The lowest BCUT2D eigenvalue weighted by Gasteiger charge is -1.95. The van der Waals surface area contributed by atoms with Gasteiger partial charge in [-0.1, -0.05) is 46.3 Å². The molecule has 2 amide bonds. The first kappa shape index (κ1) is 10.8. The van der Waals surface area contributed by atoms with E-state index in [1.54, 1.807) is 12.1 Å². The molecule has 0 saturated carbocycles. The molecule has 0 aliphatic carbocycles. The Labute approximate surface area is 99.2 Å². The zero-order valence-electron chi connectivity index (χ0n) is 7.88. The summed E-state index contributed by atoms with van der Waals surface area (Å²) < 4.78 is 4.83. The number of benzene rings is 1. The fourth-order valence-corrected chi connectivity index (χ4v) is 2.09. The number of nitrogens with zero attached hydrogens (tertiary/aromatic N) is 2. The third kappa shape index (κ3) is 2.29. The molecule has 16 heavy (non-hydrogen) atoms. The number of aromatic nitrogens is 1. The van der Waals surface area contributed by atoms with Crippen LogP contribution in [0.15, 0.2) is 33.8 Å². The highest BCUT2D eigenvalue weighted by Crippen LogP contribution is 2.27. The Morgan fingerprint density at radius 1 is 1.50 bits per heavy atom. The van der Waals surface area contributed by atoms with Crippen molar-refractivity contribution in [1.29, 1.82) is 0 Å². The molecule has 1 aromatic carbocycles. The van der Waals surface area contributed by atoms with Crippen LogP contribution in [-0.2, 0) is 0 Å². The average Bonchev–Trinajstić information content (AvgIpc) is 2.66. The Hall–Kier alpha value is -1.66. The molecule has 1 aromatic heterocycles. The van der Waals surface area contributed by atoms with E-state index in [-0.39, 0.29) is 4.87 Å². The Bertz CT molecular complexity index is 590. The largest absolute Gasteiger partial charge is 0.350 e. The Morgan fingerprint density at radius 2 is 2.25 bits per heavy atom. The number of hydrogen-bond donors (Lipinski definition) is 1. The molecule has 0 bridgehead atoms. The van der Waals surface area contributed by atoms with Crippen molar-refractivity contribution >= 4 is 29.0 Å². The van der Waals surface area contributed by atoms with Gasteiger partial charge in [0.2, 0.25) is 0 Å². The van der Waals surface area contributed by atoms with Crippen molar-refractivity contribution < 1.29 is 9.32 Å². The highest BCUT2D eigenvalue weighted by molar-refractivity contribution is 7.12. The number of nitrogens with two attached hydrogens (primary N) is 1. The SMILES string of the molecule is NC(=O)/N=c1\onc(-c2ccccc2Cl)s1. The standard InChI is InChI=1S/C9H6ClN3O2S/c10-6-4-2-1-3-5(6)7-13-15-9(16-7)12-8(11)14/h1-4H,(H2,11,14)/b12-9+. The summed E-state index contributed by atoms with van der Waals surface area (Å²) in [6.07, 6.45) is 0. The van der Waals surface area contributed by atoms with Gasteiger partial charge in [-0.15, -0.1) is 4.99 Å². The molecule has 0 fully saturated rings. The van der Waals surface area contributed by atoms with Gasteiger partial charge >= 0.3 is 10.9 Å². The number of carbonyl (C=O) groups excluding carboxylic acids is 1. The van der Waals surface area contributed by atoms with Gasteiger partial charge in [-0.05, 0) is 6.07 Å². The highest BCUT2D eigenvalue weighted by Gasteiger charge is 2.08. The van der Waals surface area contributed by atoms with E-state index in [1.165, 1.54) is 0 Å². The van der Waals surface area contributed by atoms with Gasteiger partial charge in [0.25, 0.3) is 0 Å². The van der Waals surface area contributed by atoms with E-state index in [4.69, 9.17) is 21.9 Å². The third-order valence-corrected chi connectivity index (χ3v) is 2.85. The molecule has 1 heterocycles. The summed E-state index contributed by atoms with van der Waals surface area (Å²) in [5.74, 6) is 0. The highest BCUT2D eigenvalue weighted by atomic mass is 35.5. The van der Waals surface area contributed by atoms with E-state index < -0.39 is 6.03 Å². The molecule has 0 unspecified atom stereocenters. The summed E-state index contributed by atoms with van der Waals surface area (Å²) in [4.78, 5) is 14.0. The van der Waals surface area contributed by atoms with E-state index in [1.807, 2.05) is 12.1 Å². The van der Waals surface area contributed by atoms with Crippen LogP contribution in [0, 0.1) is 0 Å². The van der Waals surface area contributed by atoms with E-state index in [2.05, 4.69) is 10.1 Å². The fourth-order valence-electron chi connectivity index (χ4n) is 1.07. The normalized spacial score (nSPS) is 11.7. The van der Waals surface area contributed by atoms with Crippen molar-refractivity contribution in [3.63, 3.8) is 0 Å². The molecule has 0 saturated heterocycles. The molecular weight excluding hydrogens is 250 g/mol. The average molecular weight is 256 g/mol. The number of primary amides is 1. The molecule has 5 nitrogen and oxygen atoms in total. The van der Waals surface area contributed by atoms with Crippen LogP contribution in [0.4, 0.5) is 4.79 Å². The lowest BCUT2D eigenvalue weighted by atomic mass is 10.2. The van der Waals surface area contributed by atoms with Crippen molar-refractivity contribution in [2.24, 2.45) is 10.7 Å². The van der Waals surface area contributed by atoms with Gasteiger partial charge in [0, 0.05) is 5.56 Å². The van der Waals surface area contributed by atoms with Gasteiger partial charge in [0.05, 0.1) is 5.02 Å². The zero-order chi connectivity index (χ0) is 11.5. The first-order valence-electron chi connectivity index (χ1n) is 4.22. The van der Waals surface area contributed by atoms with Crippen LogP contribution in [0.3, 0.4) is 0 Å². The number of carbonyl (C=O) groups is 1. The molecule has 0 radical (unpaired) electrons. The maximum atomic E-state index is 10.5. The lowest BCUT2D eigenvalue weighted by molar-refractivity contribution is 0.254. The molecule has 0 atom stereocenters. The summed E-state index contributed by atoms with van der Waals surface area (Å²) in [5.41, 5.74) is 5.62. The fraction of sp³-hybridized carbons (Fsp3) is 0. The number of rotatable bonds is 1. The van der Waals surface area contributed by atoms with Crippen LogP contribution < -0.4 is 10.6 Å². The Balaban J connectivity index is 2.47. The van der Waals surface area contributed by atoms with Gasteiger partial charge in [-0.2, -0.15) is 0 Å². The summed E-state index contributed by atoms with van der Waals surface area (Å²) in [6, 6.07) is 6.35. The Kier molecular flexibility index (Phi) is 3.02. The van der Waals surface area contributed by atoms with Gasteiger partial charge < -0.3 is 10.3 Å². The first-order chi connectivity index (χ1) is 7.66. The maximum Gasteiger partial charge on any atom is 0.342 e. The van der Waals surface area contributed by atoms with Crippen molar-refractivity contribution in [2.45, 2.75) is 0 Å². The topological polar surface area (TPSA) is 81.5 Å². The van der Waals surface area contributed by atoms with Crippen molar-refractivity contribution in [1.82, 2.24) is 5.16 Å². The van der Waals surface area contributed by atoms with Crippen LogP contribution in [0.1, 0.15) is 0 Å². The van der Waals surface area contributed by atoms with Crippen molar-refractivity contribution in [2.75, 3.05) is 0 Å². The minimum absolute atomic E-state index is 0.0995. The van der Waals surface area contributed by atoms with Crippen molar-refractivity contribution in [3.8, 4) is 10.6 Å². The summed E-state index contributed by atoms with van der Waals surface area (Å²) in [7, 11) is 0. The minimum atomic E-state index is -0.821. The zero-order valence-corrected chi connectivity index (χ0v) is 9.46. The van der Waals surface area contributed by atoms with E-state index in [0.29, 0.717) is 10.0 Å². The van der Waals surface area contributed by atoms with Crippen LogP contribution in [0.25, 0.3) is 10.6 Å². The quantitative estimate of drug-likeness (QED) is 0.846. The van der Waals surface area contributed by atoms with Gasteiger partial charge in [-0.25, -0.2) is 4.79 Å². The van der Waals surface area contributed by atoms with Crippen LogP contribution in [0.5, 0.6) is 0 Å². The van der Waals surface area contributed by atoms with E-state index in [9.17, 15) is 4.79 Å². The van der Waals surface area contributed by atoms with Gasteiger partial charge in [-0.3, -0.25) is 0 Å². The van der Waals surface area contributed by atoms with Crippen LogP contribution >= 0.6 is 22.9 Å². The molecule has 2 N–H and O–H groups in total. The second-order valence-electron chi connectivity index (χ2n) is 2.79. The van der Waals surface area contributed by atoms with Crippen LogP contribution in [-0.4, -0.2) is 11.2 Å². The van der Waals surface area contributed by atoms with Crippen molar-refractivity contribution in [3.05, 3.63) is 34.2 Å². The molecule has 82 valence electrons. The second kappa shape index (κ2) is 4.46. The monoisotopic (exact) mass is 255 g/mol.